The number of piperazine rings is 1. The van der Waals surface area contributed by atoms with Crippen LogP contribution in [0.1, 0.15) is 25.0 Å². The summed E-state index contributed by atoms with van der Waals surface area (Å²) >= 11 is 0. The predicted molar refractivity (Wildman–Crippen MR) is 102 cm³/mol. The summed E-state index contributed by atoms with van der Waals surface area (Å²) in [6, 6.07) is 6.35. The topological polar surface area (TPSA) is 96.0 Å². The zero-order valence-electron chi connectivity index (χ0n) is 16.0. The summed E-state index contributed by atoms with van der Waals surface area (Å²) in [5.74, 6) is -0.479. The zero-order chi connectivity index (χ0) is 20.0. The molecule has 2 amide bonds. The lowest BCUT2D eigenvalue weighted by Gasteiger charge is -2.35. The minimum absolute atomic E-state index is 0.179. The van der Waals surface area contributed by atoms with Crippen molar-refractivity contribution in [2.45, 2.75) is 32.6 Å². The Balaban J connectivity index is 1.88. The second-order valence-electron chi connectivity index (χ2n) is 6.60. The predicted octanol–water partition coefficient (Wildman–Crippen LogP) is 1.10. The van der Waals surface area contributed by atoms with Gasteiger partial charge in [-0.05, 0) is 26.3 Å². The van der Waals surface area contributed by atoms with Crippen LogP contribution in [0.25, 0.3) is 0 Å². The molecule has 1 heterocycles. The van der Waals surface area contributed by atoms with Crippen LogP contribution in [0, 0.1) is 6.92 Å². The van der Waals surface area contributed by atoms with E-state index in [-0.39, 0.29) is 11.7 Å². The molecule has 0 bridgehead atoms. The van der Waals surface area contributed by atoms with Gasteiger partial charge in [-0.25, -0.2) is 17.9 Å². The molecule has 8 nitrogen and oxygen atoms in total. The molecule has 0 radical (unpaired) electrons. The number of rotatable bonds is 6. The van der Waals surface area contributed by atoms with Crippen LogP contribution in [0.3, 0.4) is 0 Å². The highest BCUT2D eigenvalue weighted by Gasteiger charge is 2.29. The molecule has 0 saturated carbocycles. The number of sulfonamides is 1. The van der Waals surface area contributed by atoms with Gasteiger partial charge in [-0.2, -0.15) is 0 Å². The Bertz CT molecular complexity index is 756. The van der Waals surface area contributed by atoms with Gasteiger partial charge < -0.3 is 14.5 Å². The Hall–Kier alpha value is -2.13. The summed E-state index contributed by atoms with van der Waals surface area (Å²) in [4.78, 5) is 27.3. The molecule has 1 aliphatic heterocycles. The zero-order valence-corrected chi connectivity index (χ0v) is 16.8. The molecule has 1 fully saturated rings. The lowest BCUT2D eigenvalue weighted by atomic mass is 10.2. The molecule has 1 aromatic carbocycles. The van der Waals surface area contributed by atoms with E-state index >= 15 is 0 Å². The summed E-state index contributed by atoms with van der Waals surface area (Å²) in [6.07, 6.45) is -0.392. The summed E-state index contributed by atoms with van der Waals surface area (Å²) in [7, 11) is -3.64. The van der Waals surface area contributed by atoms with Gasteiger partial charge in [-0.15, -0.1) is 0 Å². The molecule has 0 aromatic heterocycles. The lowest BCUT2D eigenvalue weighted by Crippen LogP contribution is -2.55. The van der Waals surface area contributed by atoms with Crippen LogP contribution < -0.4 is 4.72 Å². The van der Waals surface area contributed by atoms with Gasteiger partial charge in [0.1, 0.15) is 0 Å². The van der Waals surface area contributed by atoms with Gasteiger partial charge >= 0.3 is 6.09 Å². The van der Waals surface area contributed by atoms with Crippen molar-refractivity contribution in [3.8, 4) is 0 Å². The molecule has 0 spiro atoms. The number of nitrogens with one attached hydrogen (secondary N) is 1. The Morgan fingerprint density at radius 3 is 2.22 bits per heavy atom. The number of aryl methyl sites for hydroxylation is 1. The van der Waals surface area contributed by atoms with Crippen molar-refractivity contribution in [1.82, 2.24) is 14.5 Å². The third-order valence-electron chi connectivity index (χ3n) is 4.32. The lowest BCUT2D eigenvalue weighted by molar-refractivity contribution is -0.134. The minimum Gasteiger partial charge on any atom is -0.450 e. The fourth-order valence-electron chi connectivity index (χ4n) is 2.86. The molecule has 1 N–H and O–H groups in total. The van der Waals surface area contributed by atoms with E-state index < -0.39 is 22.2 Å². The van der Waals surface area contributed by atoms with E-state index in [1.54, 1.807) is 28.9 Å². The Labute approximate surface area is 160 Å². The van der Waals surface area contributed by atoms with Crippen molar-refractivity contribution in [2.75, 3.05) is 32.8 Å². The molecule has 0 unspecified atom stereocenters. The van der Waals surface area contributed by atoms with Crippen LogP contribution in [0.2, 0.25) is 0 Å². The van der Waals surface area contributed by atoms with Gasteiger partial charge in [0.05, 0.1) is 18.4 Å². The van der Waals surface area contributed by atoms with Crippen molar-refractivity contribution in [1.29, 1.82) is 0 Å². The SMILES string of the molecule is CCOC(=O)N1CCN(C(=O)[C@H](C)NS(=O)(=O)Cc2ccc(C)cc2)CC1. The molecule has 1 aliphatic rings. The molecule has 1 aromatic rings. The number of hydrogen-bond donors (Lipinski definition) is 1. The Morgan fingerprint density at radius 1 is 1.11 bits per heavy atom. The number of ether oxygens (including phenoxy) is 1. The fourth-order valence-corrected chi connectivity index (χ4v) is 4.22. The summed E-state index contributed by atoms with van der Waals surface area (Å²) in [6.45, 7) is 6.94. The van der Waals surface area contributed by atoms with E-state index in [4.69, 9.17) is 4.74 Å². The summed E-state index contributed by atoms with van der Waals surface area (Å²) < 4.78 is 32.1. The molecule has 2 rings (SSSR count). The van der Waals surface area contributed by atoms with E-state index in [1.807, 2.05) is 19.1 Å². The van der Waals surface area contributed by atoms with Crippen LogP contribution in [-0.4, -0.2) is 69.0 Å². The van der Waals surface area contributed by atoms with Crippen molar-refractivity contribution in [2.24, 2.45) is 0 Å². The highest BCUT2D eigenvalue weighted by molar-refractivity contribution is 7.88. The number of benzene rings is 1. The number of carbonyl (C=O) groups excluding carboxylic acids is 2. The normalized spacial score (nSPS) is 16.1. The average Bonchev–Trinajstić information content (AvgIpc) is 2.62. The van der Waals surface area contributed by atoms with Crippen LogP contribution in [0.5, 0.6) is 0 Å². The molecule has 1 atom stereocenters. The monoisotopic (exact) mass is 397 g/mol. The van der Waals surface area contributed by atoms with Gasteiger partial charge in [-0.3, -0.25) is 4.79 Å². The molecule has 0 aliphatic carbocycles. The maximum Gasteiger partial charge on any atom is 0.409 e. The summed E-state index contributed by atoms with van der Waals surface area (Å²) in [5.41, 5.74) is 1.71. The molecular formula is C18H27N3O5S. The minimum atomic E-state index is -3.64. The van der Waals surface area contributed by atoms with Crippen molar-refractivity contribution in [3.05, 3.63) is 35.4 Å². The van der Waals surface area contributed by atoms with Crippen molar-refractivity contribution >= 4 is 22.0 Å². The van der Waals surface area contributed by atoms with Crippen molar-refractivity contribution in [3.63, 3.8) is 0 Å². The fraction of sp³-hybridized carbons (Fsp3) is 0.556. The second kappa shape index (κ2) is 9.18. The largest absolute Gasteiger partial charge is 0.450 e. The first kappa shape index (κ1) is 21.2. The van der Waals surface area contributed by atoms with E-state index in [1.165, 1.54) is 6.92 Å². The van der Waals surface area contributed by atoms with Gasteiger partial charge in [0.25, 0.3) is 0 Å². The van der Waals surface area contributed by atoms with Crippen LogP contribution in [-0.2, 0) is 25.3 Å². The third kappa shape index (κ3) is 6.21. The third-order valence-corrected chi connectivity index (χ3v) is 5.75. The number of carbonyl (C=O) groups is 2. The van der Waals surface area contributed by atoms with E-state index in [0.717, 1.165) is 5.56 Å². The van der Waals surface area contributed by atoms with Gasteiger partial charge in [-0.1, -0.05) is 29.8 Å². The Morgan fingerprint density at radius 2 is 1.67 bits per heavy atom. The quantitative estimate of drug-likeness (QED) is 0.776. The van der Waals surface area contributed by atoms with E-state index in [0.29, 0.717) is 38.3 Å². The molecular weight excluding hydrogens is 370 g/mol. The van der Waals surface area contributed by atoms with Crippen LogP contribution in [0.4, 0.5) is 4.79 Å². The van der Waals surface area contributed by atoms with E-state index in [9.17, 15) is 18.0 Å². The van der Waals surface area contributed by atoms with Crippen LogP contribution >= 0.6 is 0 Å². The second-order valence-corrected chi connectivity index (χ2v) is 8.35. The molecule has 150 valence electrons. The maximum absolute atomic E-state index is 12.5. The van der Waals surface area contributed by atoms with Gasteiger partial charge in [0, 0.05) is 26.2 Å². The van der Waals surface area contributed by atoms with E-state index in [2.05, 4.69) is 4.72 Å². The number of amides is 2. The van der Waals surface area contributed by atoms with Crippen LogP contribution in [0.15, 0.2) is 24.3 Å². The first-order valence-corrected chi connectivity index (χ1v) is 10.6. The maximum atomic E-state index is 12.5. The van der Waals surface area contributed by atoms with Gasteiger partial charge in [0.2, 0.25) is 15.9 Å². The molecule has 27 heavy (non-hydrogen) atoms. The highest BCUT2D eigenvalue weighted by atomic mass is 32.2. The summed E-state index contributed by atoms with van der Waals surface area (Å²) in [5, 5.41) is 0. The standard InChI is InChI=1S/C18H27N3O5S/c1-4-26-18(23)21-11-9-20(10-12-21)17(22)15(3)19-27(24,25)13-16-7-5-14(2)6-8-16/h5-8,15,19H,4,9-13H2,1-3H3/t15-/m0/s1. The first-order valence-electron chi connectivity index (χ1n) is 8.98. The average molecular weight is 397 g/mol. The highest BCUT2D eigenvalue weighted by Crippen LogP contribution is 2.10. The smallest absolute Gasteiger partial charge is 0.409 e. The molecule has 9 heteroatoms. The van der Waals surface area contributed by atoms with Gasteiger partial charge in [0.15, 0.2) is 0 Å². The number of nitrogens with zero attached hydrogens (tertiary/aromatic N) is 2. The first-order chi connectivity index (χ1) is 12.7. The Kier molecular flexibility index (Phi) is 7.20. The molecule has 1 saturated heterocycles. The number of hydrogen-bond acceptors (Lipinski definition) is 5. The van der Waals surface area contributed by atoms with Crippen molar-refractivity contribution < 1.29 is 22.7 Å².